The van der Waals surface area contributed by atoms with Crippen molar-refractivity contribution in [1.82, 2.24) is 9.78 Å². The molecule has 0 bridgehead atoms. The molecular formula is C11H11N3O2. The van der Waals surface area contributed by atoms with Crippen molar-refractivity contribution in [3.63, 3.8) is 0 Å². The molecule has 0 spiro atoms. The molecule has 0 atom stereocenters. The third kappa shape index (κ3) is 1.67. The molecule has 2 rings (SSSR count). The van der Waals surface area contributed by atoms with Gasteiger partial charge in [0, 0.05) is 12.4 Å². The Labute approximate surface area is 91.5 Å². The molecule has 5 nitrogen and oxygen atoms in total. The molecule has 2 N–H and O–H groups in total. The Morgan fingerprint density at radius 3 is 2.62 bits per heavy atom. The maximum Gasteiger partial charge on any atom is 0.274 e. The van der Waals surface area contributed by atoms with Crippen molar-refractivity contribution in [2.75, 3.05) is 0 Å². The zero-order valence-electron chi connectivity index (χ0n) is 8.80. The number of carbonyl (C=O) groups is 1. The van der Waals surface area contributed by atoms with E-state index in [1.165, 1.54) is 4.68 Å². The number of carbonyl (C=O) groups excluding carboxylic acids is 1. The van der Waals surface area contributed by atoms with Gasteiger partial charge >= 0.3 is 0 Å². The number of rotatable bonds is 2. The number of primary amides is 1. The minimum Gasteiger partial charge on any atom is -0.369 e. The van der Waals surface area contributed by atoms with Gasteiger partial charge in [0.25, 0.3) is 5.56 Å². The van der Waals surface area contributed by atoms with E-state index >= 15 is 0 Å². The Balaban J connectivity index is 2.79. The Bertz CT molecular complexity index is 616. The van der Waals surface area contributed by atoms with Crippen LogP contribution < -0.4 is 11.3 Å². The van der Waals surface area contributed by atoms with E-state index in [0.717, 1.165) is 0 Å². The van der Waals surface area contributed by atoms with Crippen LogP contribution in [0.15, 0.2) is 29.1 Å². The van der Waals surface area contributed by atoms with Gasteiger partial charge in [-0.25, -0.2) is 4.68 Å². The zero-order chi connectivity index (χ0) is 11.7. The number of hydrogen-bond acceptors (Lipinski definition) is 3. The van der Waals surface area contributed by atoms with Gasteiger partial charge in [0.05, 0.1) is 17.5 Å². The smallest absolute Gasteiger partial charge is 0.274 e. The standard InChI is InChI=1S/C11H11N3O2/c1-14-11(16)8-5-3-2-4-7(8)9(13-14)6-10(12)15/h2-5H,6H2,1H3,(H2,12,15). The summed E-state index contributed by atoms with van der Waals surface area (Å²) in [7, 11) is 1.55. The van der Waals surface area contributed by atoms with Crippen LogP contribution in [-0.4, -0.2) is 15.7 Å². The summed E-state index contributed by atoms with van der Waals surface area (Å²) in [5.41, 5.74) is 5.49. The van der Waals surface area contributed by atoms with Crippen molar-refractivity contribution in [2.45, 2.75) is 6.42 Å². The number of fused-ring (bicyclic) bond motifs is 1. The fraction of sp³-hybridized carbons (Fsp3) is 0.182. The van der Waals surface area contributed by atoms with E-state index in [4.69, 9.17) is 5.73 Å². The number of aryl methyl sites for hydroxylation is 1. The van der Waals surface area contributed by atoms with Crippen LogP contribution >= 0.6 is 0 Å². The number of nitrogens with zero attached hydrogens (tertiary/aromatic N) is 2. The topological polar surface area (TPSA) is 78.0 Å². The molecule has 0 saturated carbocycles. The minimum atomic E-state index is -0.462. The predicted molar refractivity (Wildman–Crippen MR) is 59.9 cm³/mol. The molecule has 1 amide bonds. The first-order valence-electron chi connectivity index (χ1n) is 4.83. The van der Waals surface area contributed by atoms with E-state index in [-0.39, 0.29) is 12.0 Å². The van der Waals surface area contributed by atoms with Crippen molar-refractivity contribution in [3.05, 3.63) is 40.3 Å². The molecule has 0 aliphatic rings. The Morgan fingerprint density at radius 2 is 2.00 bits per heavy atom. The molecule has 0 saturated heterocycles. The normalized spacial score (nSPS) is 10.6. The predicted octanol–water partition coefficient (Wildman–Crippen LogP) is -0.0387. The van der Waals surface area contributed by atoms with Crippen LogP contribution in [0.3, 0.4) is 0 Å². The number of nitrogens with two attached hydrogens (primary N) is 1. The molecule has 0 unspecified atom stereocenters. The third-order valence-electron chi connectivity index (χ3n) is 2.37. The maximum atomic E-state index is 11.8. The van der Waals surface area contributed by atoms with Gasteiger partial charge in [0.15, 0.2) is 0 Å². The van der Waals surface area contributed by atoms with Gasteiger partial charge in [0.1, 0.15) is 0 Å². The SMILES string of the molecule is Cn1nc(CC(N)=O)c2ccccc2c1=O. The van der Waals surface area contributed by atoms with Crippen LogP contribution in [0.25, 0.3) is 10.8 Å². The van der Waals surface area contributed by atoms with E-state index in [1.54, 1.807) is 31.3 Å². The summed E-state index contributed by atoms with van der Waals surface area (Å²) in [6.07, 6.45) is 0.0363. The molecule has 1 aromatic heterocycles. The van der Waals surface area contributed by atoms with Gasteiger partial charge in [-0.2, -0.15) is 5.10 Å². The lowest BCUT2D eigenvalue weighted by Crippen LogP contribution is -2.24. The van der Waals surface area contributed by atoms with Crippen molar-refractivity contribution in [3.8, 4) is 0 Å². The molecule has 5 heteroatoms. The van der Waals surface area contributed by atoms with Crippen LogP contribution in [-0.2, 0) is 18.3 Å². The second-order valence-corrected chi connectivity index (χ2v) is 3.56. The van der Waals surface area contributed by atoms with Crippen LogP contribution in [0.2, 0.25) is 0 Å². The molecular weight excluding hydrogens is 206 g/mol. The first-order valence-corrected chi connectivity index (χ1v) is 4.83. The molecule has 0 fully saturated rings. The van der Waals surface area contributed by atoms with Crippen molar-refractivity contribution >= 4 is 16.7 Å². The molecule has 82 valence electrons. The second kappa shape index (κ2) is 3.77. The molecule has 0 aliphatic carbocycles. The average molecular weight is 217 g/mol. The number of benzene rings is 1. The van der Waals surface area contributed by atoms with Crippen LogP contribution in [0.1, 0.15) is 5.69 Å². The Hall–Kier alpha value is -2.17. The summed E-state index contributed by atoms with van der Waals surface area (Å²) >= 11 is 0. The third-order valence-corrected chi connectivity index (χ3v) is 2.37. The van der Waals surface area contributed by atoms with Crippen LogP contribution in [0.5, 0.6) is 0 Å². The minimum absolute atomic E-state index is 0.0363. The summed E-state index contributed by atoms with van der Waals surface area (Å²) in [5, 5.41) is 5.28. The van der Waals surface area contributed by atoms with Gasteiger partial charge in [-0.15, -0.1) is 0 Å². The molecule has 0 radical (unpaired) electrons. The van der Waals surface area contributed by atoms with E-state index in [2.05, 4.69) is 5.10 Å². The van der Waals surface area contributed by atoms with Gasteiger partial charge in [-0.05, 0) is 6.07 Å². The summed E-state index contributed by atoms with van der Waals surface area (Å²) in [6.45, 7) is 0. The molecule has 1 aromatic carbocycles. The first kappa shape index (κ1) is 10.4. The largest absolute Gasteiger partial charge is 0.369 e. The van der Waals surface area contributed by atoms with E-state index in [1.807, 2.05) is 0 Å². The van der Waals surface area contributed by atoms with Crippen LogP contribution in [0.4, 0.5) is 0 Å². The molecule has 0 aliphatic heterocycles. The lowest BCUT2D eigenvalue weighted by Gasteiger charge is -2.05. The number of amides is 1. The fourth-order valence-corrected chi connectivity index (χ4v) is 1.67. The number of aromatic nitrogens is 2. The van der Waals surface area contributed by atoms with Gasteiger partial charge in [-0.1, -0.05) is 18.2 Å². The van der Waals surface area contributed by atoms with E-state index < -0.39 is 5.91 Å². The number of hydrogen-bond donors (Lipinski definition) is 1. The lowest BCUT2D eigenvalue weighted by atomic mass is 10.1. The van der Waals surface area contributed by atoms with Crippen molar-refractivity contribution < 1.29 is 4.79 Å². The summed E-state index contributed by atoms with van der Waals surface area (Å²) in [5.74, 6) is -0.462. The quantitative estimate of drug-likeness (QED) is 0.766. The zero-order valence-corrected chi connectivity index (χ0v) is 8.80. The maximum absolute atomic E-state index is 11.8. The van der Waals surface area contributed by atoms with Crippen molar-refractivity contribution in [1.29, 1.82) is 0 Å². The highest BCUT2D eigenvalue weighted by molar-refractivity contribution is 5.87. The van der Waals surface area contributed by atoms with Crippen LogP contribution in [0, 0.1) is 0 Å². The van der Waals surface area contributed by atoms with E-state index in [9.17, 15) is 9.59 Å². The highest BCUT2D eigenvalue weighted by Crippen LogP contribution is 2.12. The van der Waals surface area contributed by atoms with Gasteiger partial charge in [0.2, 0.25) is 5.91 Å². The summed E-state index contributed by atoms with van der Waals surface area (Å²) in [4.78, 5) is 22.7. The Kier molecular flexibility index (Phi) is 2.44. The van der Waals surface area contributed by atoms with Gasteiger partial charge in [-0.3, -0.25) is 9.59 Å². The monoisotopic (exact) mass is 217 g/mol. The highest BCUT2D eigenvalue weighted by Gasteiger charge is 2.09. The first-order chi connectivity index (χ1) is 7.59. The van der Waals surface area contributed by atoms with Crippen molar-refractivity contribution in [2.24, 2.45) is 12.8 Å². The fourth-order valence-electron chi connectivity index (χ4n) is 1.67. The second-order valence-electron chi connectivity index (χ2n) is 3.56. The van der Waals surface area contributed by atoms with E-state index in [0.29, 0.717) is 16.5 Å². The average Bonchev–Trinajstić information content (AvgIpc) is 2.25. The lowest BCUT2D eigenvalue weighted by molar-refractivity contribution is -0.117. The highest BCUT2D eigenvalue weighted by atomic mass is 16.1. The Morgan fingerprint density at radius 1 is 1.38 bits per heavy atom. The molecule has 2 aromatic rings. The summed E-state index contributed by atoms with van der Waals surface area (Å²) in [6, 6.07) is 7.05. The molecule has 1 heterocycles. The molecule has 16 heavy (non-hydrogen) atoms. The summed E-state index contributed by atoms with van der Waals surface area (Å²) < 4.78 is 1.22. The van der Waals surface area contributed by atoms with Gasteiger partial charge < -0.3 is 5.73 Å².